The van der Waals surface area contributed by atoms with Crippen LogP contribution in [0.25, 0.3) is 0 Å². The van der Waals surface area contributed by atoms with Crippen molar-refractivity contribution in [3.63, 3.8) is 0 Å². The SMILES string of the molecule is CCCC(C)C1(O)Cc2ccccc2C1. The van der Waals surface area contributed by atoms with Crippen molar-refractivity contribution in [1.82, 2.24) is 0 Å². The molecule has 0 amide bonds. The molecule has 0 fully saturated rings. The van der Waals surface area contributed by atoms with Crippen LogP contribution >= 0.6 is 0 Å². The fourth-order valence-electron chi connectivity index (χ4n) is 2.67. The van der Waals surface area contributed by atoms with Crippen LogP contribution in [0.2, 0.25) is 0 Å². The Hall–Kier alpha value is -0.820. The minimum Gasteiger partial charge on any atom is -0.389 e. The molecule has 0 heterocycles. The highest BCUT2D eigenvalue weighted by molar-refractivity contribution is 5.35. The topological polar surface area (TPSA) is 20.2 Å². The van der Waals surface area contributed by atoms with Crippen molar-refractivity contribution >= 4 is 0 Å². The van der Waals surface area contributed by atoms with Crippen LogP contribution in [0.1, 0.15) is 37.8 Å². The van der Waals surface area contributed by atoms with Gasteiger partial charge in [-0.3, -0.25) is 0 Å². The van der Waals surface area contributed by atoms with E-state index in [1.54, 1.807) is 0 Å². The fourth-order valence-corrected chi connectivity index (χ4v) is 2.67. The van der Waals surface area contributed by atoms with E-state index >= 15 is 0 Å². The van der Waals surface area contributed by atoms with Crippen molar-refractivity contribution in [3.05, 3.63) is 35.4 Å². The van der Waals surface area contributed by atoms with Crippen LogP contribution in [-0.4, -0.2) is 10.7 Å². The summed E-state index contributed by atoms with van der Waals surface area (Å²) in [7, 11) is 0. The summed E-state index contributed by atoms with van der Waals surface area (Å²) in [6.45, 7) is 4.36. The molecule has 1 heteroatoms. The molecular formula is C14H20O. The molecule has 0 saturated carbocycles. The van der Waals surface area contributed by atoms with Crippen molar-refractivity contribution in [2.24, 2.45) is 5.92 Å². The number of hydrogen-bond donors (Lipinski definition) is 1. The zero-order valence-electron chi connectivity index (χ0n) is 9.66. The van der Waals surface area contributed by atoms with Crippen molar-refractivity contribution in [2.45, 2.75) is 45.1 Å². The Morgan fingerprint density at radius 2 is 1.80 bits per heavy atom. The molecule has 1 unspecified atom stereocenters. The number of benzene rings is 1. The van der Waals surface area contributed by atoms with Gasteiger partial charge in [-0.1, -0.05) is 44.5 Å². The Morgan fingerprint density at radius 1 is 1.27 bits per heavy atom. The molecule has 15 heavy (non-hydrogen) atoms. The summed E-state index contributed by atoms with van der Waals surface area (Å²) >= 11 is 0. The predicted molar refractivity (Wildman–Crippen MR) is 62.9 cm³/mol. The van der Waals surface area contributed by atoms with Gasteiger partial charge in [0.2, 0.25) is 0 Å². The van der Waals surface area contributed by atoms with Gasteiger partial charge in [-0.05, 0) is 23.5 Å². The molecule has 0 bridgehead atoms. The zero-order chi connectivity index (χ0) is 10.9. The zero-order valence-corrected chi connectivity index (χ0v) is 9.66. The summed E-state index contributed by atoms with van der Waals surface area (Å²) in [5.41, 5.74) is 2.19. The summed E-state index contributed by atoms with van der Waals surface area (Å²) < 4.78 is 0. The second-order valence-corrected chi connectivity index (χ2v) is 4.92. The lowest BCUT2D eigenvalue weighted by atomic mass is 9.83. The van der Waals surface area contributed by atoms with Crippen LogP contribution in [-0.2, 0) is 12.8 Å². The highest BCUT2D eigenvalue weighted by atomic mass is 16.3. The normalized spacial score (nSPS) is 19.9. The Bertz CT molecular complexity index is 318. The minimum absolute atomic E-state index is 0.398. The molecule has 0 aromatic heterocycles. The molecule has 2 rings (SSSR count). The van der Waals surface area contributed by atoms with E-state index in [1.165, 1.54) is 11.1 Å². The van der Waals surface area contributed by atoms with E-state index in [0.29, 0.717) is 5.92 Å². The van der Waals surface area contributed by atoms with E-state index in [4.69, 9.17) is 0 Å². The molecule has 0 saturated heterocycles. The molecule has 1 N–H and O–H groups in total. The first-order valence-electron chi connectivity index (χ1n) is 5.95. The molecule has 1 nitrogen and oxygen atoms in total. The van der Waals surface area contributed by atoms with Gasteiger partial charge in [0.1, 0.15) is 0 Å². The molecule has 0 radical (unpaired) electrons. The second kappa shape index (κ2) is 3.97. The first-order chi connectivity index (χ1) is 7.15. The van der Waals surface area contributed by atoms with Crippen LogP contribution in [0.5, 0.6) is 0 Å². The van der Waals surface area contributed by atoms with Crippen LogP contribution in [0, 0.1) is 5.92 Å². The van der Waals surface area contributed by atoms with Gasteiger partial charge in [0.25, 0.3) is 0 Å². The number of fused-ring (bicyclic) bond motifs is 1. The smallest absolute Gasteiger partial charge is 0.0753 e. The maximum Gasteiger partial charge on any atom is 0.0753 e. The predicted octanol–water partition coefficient (Wildman–Crippen LogP) is 2.95. The van der Waals surface area contributed by atoms with Gasteiger partial charge in [-0.15, -0.1) is 0 Å². The number of aliphatic hydroxyl groups is 1. The molecule has 1 aliphatic carbocycles. The fraction of sp³-hybridized carbons (Fsp3) is 0.571. The van der Waals surface area contributed by atoms with Crippen LogP contribution in [0.4, 0.5) is 0 Å². The summed E-state index contributed by atoms with van der Waals surface area (Å²) in [5.74, 6) is 0.398. The summed E-state index contributed by atoms with van der Waals surface area (Å²) in [6, 6.07) is 8.42. The molecule has 1 aromatic carbocycles. The summed E-state index contributed by atoms with van der Waals surface area (Å²) in [6.07, 6.45) is 3.94. The van der Waals surface area contributed by atoms with E-state index in [-0.39, 0.29) is 0 Å². The van der Waals surface area contributed by atoms with E-state index in [1.807, 2.05) is 0 Å². The largest absolute Gasteiger partial charge is 0.389 e. The molecular weight excluding hydrogens is 184 g/mol. The van der Waals surface area contributed by atoms with Crippen LogP contribution in [0.3, 0.4) is 0 Å². The van der Waals surface area contributed by atoms with Gasteiger partial charge in [0.15, 0.2) is 0 Å². The van der Waals surface area contributed by atoms with Crippen LogP contribution < -0.4 is 0 Å². The van der Waals surface area contributed by atoms with Crippen molar-refractivity contribution in [1.29, 1.82) is 0 Å². The molecule has 1 atom stereocenters. The van der Waals surface area contributed by atoms with Gasteiger partial charge in [0, 0.05) is 12.8 Å². The van der Waals surface area contributed by atoms with Crippen LogP contribution in [0.15, 0.2) is 24.3 Å². The number of hydrogen-bond acceptors (Lipinski definition) is 1. The van der Waals surface area contributed by atoms with E-state index in [0.717, 1.165) is 25.7 Å². The maximum atomic E-state index is 10.6. The average molecular weight is 204 g/mol. The molecule has 0 spiro atoms. The van der Waals surface area contributed by atoms with Gasteiger partial charge < -0.3 is 5.11 Å². The Labute approximate surface area is 92.1 Å². The third kappa shape index (κ3) is 1.93. The lowest BCUT2D eigenvalue weighted by Gasteiger charge is -2.29. The first kappa shape index (κ1) is 10.7. The monoisotopic (exact) mass is 204 g/mol. The van der Waals surface area contributed by atoms with E-state index in [9.17, 15) is 5.11 Å². The standard InChI is InChI=1S/C14H20O/c1-3-6-11(2)14(15)9-12-7-4-5-8-13(12)10-14/h4-5,7-8,11,15H,3,6,9-10H2,1-2H3. The highest BCUT2D eigenvalue weighted by Crippen LogP contribution is 2.36. The third-order valence-corrected chi connectivity index (χ3v) is 3.75. The summed E-state index contributed by atoms with van der Waals surface area (Å²) in [5, 5.41) is 10.6. The van der Waals surface area contributed by atoms with Gasteiger partial charge >= 0.3 is 0 Å². The van der Waals surface area contributed by atoms with Crippen molar-refractivity contribution in [3.8, 4) is 0 Å². The quantitative estimate of drug-likeness (QED) is 0.802. The van der Waals surface area contributed by atoms with Gasteiger partial charge in [0.05, 0.1) is 5.60 Å². The Kier molecular flexibility index (Phi) is 2.83. The average Bonchev–Trinajstić information content (AvgIpc) is 2.56. The maximum absolute atomic E-state index is 10.6. The third-order valence-electron chi connectivity index (χ3n) is 3.75. The number of rotatable bonds is 3. The second-order valence-electron chi connectivity index (χ2n) is 4.92. The highest BCUT2D eigenvalue weighted by Gasteiger charge is 2.38. The summed E-state index contributed by atoms with van der Waals surface area (Å²) in [4.78, 5) is 0. The molecule has 0 aliphatic heterocycles. The Morgan fingerprint density at radius 3 is 2.27 bits per heavy atom. The molecule has 1 aromatic rings. The lowest BCUT2D eigenvalue weighted by molar-refractivity contribution is -0.00536. The lowest BCUT2D eigenvalue weighted by Crippen LogP contribution is -2.37. The first-order valence-corrected chi connectivity index (χ1v) is 5.95. The minimum atomic E-state index is -0.486. The van der Waals surface area contributed by atoms with Gasteiger partial charge in [-0.25, -0.2) is 0 Å². The van der Waals surface area contributed by atoms with Crippen molar-refractivity contribution < 1.29 is 5.11 Å². The molecule has 1 aliphatic rings. The van der Waals surface area contributed by atoms with Crippen molar-refractivity contribution in [2.75, 3.05) is 0 Å². The van der Waals surface area contributed by atoms with E-state index in [2.05, 4.69) is 38.1 Å². The molecule has 82 valence electrons. The van der Waals surface area contributed by atoms with Gasteiger partial charge in [-0.2, -0.15) is 0 Å². The van der Waals surface area contributed by atoms with E-state index < -0.39 is 5.60 Å². The Balaban J connectivity index is 2.17.